The number of nitrogens with one attached hydrogen (secondary N) is 3. The summed E-state index contributed by atoms with van der Waals surface area (Å²) in [4.78, 5) is 26.4. The van der Waals surface area contributed by atoms with Crippen molar-refractivity contribution >= 4 is 11.8 Å². The molecule has 32 heavy (non-hydrogen) atoms. The van der Waals surface area contributed by atoms with E-state index in [9.17, 15) is 22.8 Å². The molecular weight excluding hydrogens is 425 g/mol. The highest BCUT2D eigenvalue weighted by Gasteiger charge is 2.30. The Hall–Kier alpha value is -3.63. The average molecular weight is 446 g/mol. The van der Waals surface area contributed by atoms with Crippen molar-refractivity contribution in [1.29, 1.82) is 0 Å². The van der Waals surface area contributed by atoms with Gasteiger partial charge in [-0.1, -0.05) is 30.3 Å². The van der Waals surface area contributed by atoms with Crippen molar-refractivity contribution in [3.8, 4) is 11.3 Å². The maximum Gasteiger partial charge on any atom is 0.405 e. The number of rotatable bonds is 5. The molecule has 2 aromatic heterocycles. The fraction of sp³-hybridized carbons (Fsp3) is 0.333. The van der Waals surface area contributed by atoms with E-state index in [-0.39, 0.29) is 17.5 Å². The highest BCUT2D eigenvalue weighted by molar-refractivity contribution is 5.93. The van der Waals surface area contributed by atoms with E-state index < -0.39 is 18.6 Å². The lowest BCUT2D eigenvalue weighted by Crippen LogP contribution is -2.38. The van der Waals surface area contributed by atoms with Crippen LogP contribution in [0.1, 0.15) is 45.4 Å². The minimum absolute atomic E-state index is 0.0253. The number of hydrogen-bond acceptors (Lipinski definition) is 4. The van der Waals surface area contributed by atoms with E-state index in [1.807, 2.05) is 30.3 Å². The van der Waals surface area contributed by atoms with Gasteiger partial charge in [-0.05, 0) is 25.0 Å². The van der Waals surface area contributed by atoms with Crippen molar-refractivity contribution in [2.45, 2.75) is 24.9 Å². The van der Waals surface area contributed by atoms with Gasteiger partial charge in [-0.2, -0.15) is 23.4 Å². The van der Waals surface area contributed by atoms with Crippen LogP contribution in [-0.4, -0.2) is 62.9 Å². The van der Waals surface area contributed by atoms with Gasteiger partial charge in [0.15, 0.2) is 0 Å². The number of nitrogens with zero attached hydrogens (tertiary/aromatic N) is 3. The fourth-order valence-electron chi connectivity index (χ4n) is 3.69. The maximum atomic E-state index is 12.8. The first-order valence-corrected chi connectivity index (χ1v) is 10.1. The van der Waals surface area contributed by atoms with E-state index in [1.165, 1.54) is 6.07 Å². The van der Waals surface area contributed by atoms with E-state index in [1.54, 1.807) is 16.3 Å². The number of halogens is 3. The molecule has 2 amide bonds. The molecule has 1 saturated heterocycles. The van der Waals surface area contributed by atoms with Gasteiger partial charge >= 0.3 is 6.18 Å². The third kappa shape index (κ3) is 4.98. The Kier molecular flexibility index (Phi) is 5.97. The zero-order valence-corrected chi connectivity index (χ0v) is 16.9. The van der Waals surface area contributed by atoms with Gasteiger partial charge in [-0.25, -0.2) is 0 Å². The smallest absolute Gasteiger partial charge is 0.342 e. The van der Waals surface area contributed by atoms with E-state index in [4.69, 9.17) is 0 Å². The first-order chi connectivity index (χ1) is 15.3. The maximum absolute atomic E-state index is 12.8. The summed E-state index contributed by atoms with van der Waals surface area (Å²) in [6.07, 6.45) is -3.21. The van der Waals surface area contributed by atoms with Gasteiger partial charge in [0.05, 0.1) is 5.69 Å². The summed E-state index contributed by atoms with van der Waals surface area (Å²) in [5.74, 6) is -1.00. The molecular formula is C21H21F3N6O2. The Morgan fingerprint density at radius 3 is 2.47 bits per heavy atom. The lowest BCUT2D eigenvalue weighted by molar-refractivity contribution is -0.123. The highest BCUT2D eigenvalue weighted by atomic mass is 19.4. The zero-order valence-electron chi connectivity index (χ0n) is 16.9. The van der Waals surface area contributed by atoms with Gasteiger partial charge in [0.1, 0.15) is 17.9 Å². The van der Waals surface area contributed by atoms with Crippen LogP contribution in [0.5, 0.6) is 0 Å². The van der Waals surface area contributed by atoms with Crippen molar-refractivity contribution in [2.24, 2.45) is 0 Å². The summed E-state index contributed by atoms with van der Waals surface area (Å²) >= 11 is 0. The molecule has 3 aromatic rings. The van der Waals surface area contributed by atoms with Crippen molar-refractivity contribution in [3.63, 3.8) is 0 Å². The van der Waals surface area contributed by atoms with E-state index in [0.717, 1.165) is 5.56 Å². The van der Waals surface area contributed by atoms with Gasteiger partial charge in [0, 0.05) is 30.3 Å². The molecule has 0 unspecified atom stereocenters. The van der Waals surface area contributed by atoms with Crippen LogP contribution < -0.4 is 5.32 Å². The van der Waals surface area contributed by atoms with Crippen LogP contribution in [0.25, 0.3) is 11.3 Å². The van der Waals surface area contributed by atoms with Crippen molar-refractivity contribution < 1.29 is 22.8 Å². The molecule has 0 atom stereocenters. The molecule has 11 heteroatoms. The zero-order chi connectivity index (χ0) is 22.7. The third-order valence-electron chi connectivity index (χ3n) is 5.38. The predicted octanol–water partition coefficient (Wildman–Crippen LogP) is 3.11. The molecule has 0 radical (unpaired) electrons. The van der Waals surface area contributed by atoms with Crippen LogP contribution in [0, 0.1) is 0 Å². The largest absolute Gasteiger partial charge is 0.405 e. The Morgan fingerprint density at radius 1 is 1.06 bits per heavy atom. The molecule has 1 aliphatic rings. The number of benzene rings is 1. The molecule has 3 N–H and O–H groups in total. The second kappa shape index (κ2) is 8.85. The number of amides is 2. The Bertz CT molecular complexity index is 1080. The molecule has 0 saturated carbocycles. The molecule has 1 aliphatic heterocycles. The van der Waals surface area contributed by atoms with E-state index >= 15 is 0 Å². The summed E-state index contributed by atoms with van der Waals surface area (Å²) in [6.45, 7) is -0.413. The highest BCUT2D eigenvalue weighted by Crippen LogP contribution is 2.28. The second-order valence-corrected chi connectivity index (χ2v) is 7.61. The molecule has 3 heterocycles. The third-order valence-corrected chi connectivity index (χ3v) is 5.38. The topological polar surface area (TPSA) is 107 Å². The average Bonchev–Trinajstić information content (AvgIpc) is 3.48. The van der Waals surface area contributed by atoms with Crippen LogP contribution in [0.2, 0.25) is 0 Å². The number of carbonyl (C=O) groups is 2. The van der Waals surface area contributed by atoms with Crippen molar-refractivity contribution in [1.82, 2.24) is 30.6 Å². The van der Waals surface area contributed by atoms with Gasteiger partial charge in [0.25, 0.3) is 11.8 Å². The number of piperidine rings is 1. The van der Waals surface area contributed by atoms with Crippen LogP contribution >= 0.6 is 0 Å². The molecule has 8 nitrogen and oxygen atoms in total. The first-order valence-electron chi connectivity index (χ1n) is 10.1. The molecule has 1 aromatic carbocycles. The summed E-state index contributed by atoms with van der Waals surface area (Å²) in [5.41, 5.74) is 2.59. The minimum atomic E-state index is -4.48. The quantitative estimate of drug-likeness (QED) is 0.560. The van der Waals surface area contributed by atoms with Gasteiger partial charge in [-0.15, -0.1) is 0 Å². The molecule has 1 fully saturated rings. The molecule has 4 rings (SSSR count). The molecule has 0 spiro atoms. The fourth-order valence-corrected chi connectivity index (χ4v) is 3.69. The van der Waals surface area contributed by atoms with E-state index in [0.29, 0.717) is 43.0 Å². The number of H-pyrrole nitrogens is 2. The molecule has 0 aliphatic carbocycles. The van der Waals surface area contributed by atoms with Crippen LogP contribution in [0.3, 0.4) is 0 Å². The number of aromatic amines is 2. The van der Waals surface area contributed by atoms with Gasteiger partial charge in [-0.3, -0.25) is 19.8 Å². The predicted molar refractivity (Wildman–Crippen MR) is 109 cm³/mol. The number of alkyl halides is 3. The SMILES string of the molecule is O=C(NCC(F)(F)F)c1cc(C2CCN(C(=O)c3cc(-c4ccccc4)n[nH]3)CC2)[nH]n1. The second-order valence-electron chi connectivity index (χ2n) is 7.61. The number of carbonyl (C=O) groups excluding carboxylic acids is 2. The summed E-state index contributed by atoms with van der Waals surface area (Å²) in [5, 5.41) is 15.4. The monoisotopic (exact) mass is 446 g/mol. The standard InChI is InChI=1S/C21H21F3N6O2/c22-21(23,24)12-25-19(31)17-10-15(26-28-17)14-6-8-30(9-7-14)20(32)18-11-16(27-29-18)13-4-2-1-3-5-13/h1-5,10-11,14H,6-9,12H2,(H,25,31)(H,26,28)(H,27,29). The minimum Gasteiger partial charge on any atom is -0.342 e. The number of aromatic nitrogens is 4. The Morgan fingerprint density at radius 2 is 1.78 bits per heavy atom. The normalized spacial score (nSPS) is 15.0. The Labute approximate surface area is 181 Å². The summed E-state index contributed by atoms with van der Waals surface area (Å²) in [7, 11) is 0. The van der Waals surface area contributed by atoms with Gasteiger partial charge in [0.2, 0.25) is 0 Å². The van der Waals surface area contributed by atoms with Crippen molar-refractivity contribution in [2.75, 3.05) is 19.6 Å². The van der Waals surface area contributed by atoms with Gasteiger partial charge < -0.3 is 10.2 Å². The van der Waals surface area contributed by atoms with E-state index in [2.05, 4.69) is 20.4 Å². The van der Waals surface area contributed by atoms with Crippen molar-refractivity contribution in [3.05, 3.63) is 59.5 Å². The summed E-state index contributed by atoms with van der Waals surface area (Å²) in [6, 6.07) is 12.7. The molecule has 0 bridgehead atoms. The lowest BCUT2D eigenvalue weighted by atomic mass is 9.93. The number of likely N-dealkylation sites (tertiary alicyclic amines) is 1. The number of hydrogen-bond donors (Lipinski definition) is 3. The molecule has 168 valence electrons. The Balaban J connectivity index is 1.33. The lowest BCUT2D eigenvalue weighted by Gasteiger charge is -2.31. The summed E-state index contributed by atoms with van der Waals surface area (Å²) < 4.78 is 36.8. The van der Waals surface area contributed by atoms with Crippen LogP contribution in [-0.2, 0) is 0 Å². The van der Waals surface area contributed by atoms with Crippen LogP contribution in [0.4, 0.5) is 13.2 Å². The van der Waals surface area contributed by atoms with Crippen LogP contribution in [0.15, 0.2) is 42.5 Å². The first kappa shape index (κ1) is 21.6.